The van der Waals surface area contributed by atoms with Crippen LogP contribution in [-0.4, -0.2) is 22.0 Å². The number of benzene rings is 1. The first-order chi connectivity index (χ1) is 9.16. The minimum absolute atomic E-state index is 0.345. The van der Waals surface area contributed by atoms with Gasteiger partial charge in [-0.25, -0.2) is 4.98 Å². The van der Waals surface area contributed by atoms with Crippen LogP contribution >= 0.6 is 11.6 Å². The zero-order chi connectivity index (χ0) is 13.4. The van der Waals surface area contributed by atoms with E-state index in [0.717, 1.165) is 30.2 Å². The quantitative estimate of drug-likeness (QED) is 0.871. The largest absolute Gasteiger partial charge is 0.364 e. The Labute approximate surface area is 115 Å². The number of halogens is 1. The van der Waals surface area contributed by atoms with Crippen molar-refractivity contribution in [3.05, 3.63) is 40.7 Å². The summed E-state index contributed by atoms with van der Waals surface area (Å²) < 4.78 is 2.04. The Hall–Kier alpha value is -1.85. The highest BCUT2D eigenvalue weighted by molar-refractivity contribution is 6.30. The number of nitrogens with one attached hydrogen (secondary N) is 1. The molecule has 2 heterocycles. The van der Waals surface area contributed by atoms with Crippen molar-refractivity contribution in [1.29, 1.82) is 0 Å². The highest BCUT2D eigenvalue weighted by Crippen LogP contribution is 2.25. The van der Waals surface area contributed by atoms with Gasteiger partial charge in [0.15, 0.2) is 5.69 Å². The number of carbonyl (C=O) groups excluding carboxylic acids is 1. The number of rotatable bonds is 2. The van der Waals surface area contributed by atoms with E-state index >= 15 is 0 Å². The van der Waals surface area contributed by atoms with Gasteiger partial charge >= 0.3 is 0 Å². The Morgan fingerprint density at radius 1 is 1.37 bits per heavy atom. The van der Waals surface area contributed by atoms with Crippen LogP contribution < -0.4 is 11.1 Å². The molecule has 6 heteroatoms. The van der Waals surface area contributed by atoms with Crippen LogP contribution in [0.25, 0.3) is 11.4 Å². The molecule has 0 atom stereocenters. The molecule has 1 aromatic carbocycles. The molecule has 0 fully saturated rings. The monoisotopic (exact) mass is 276 g/mol. The number of carbonyl (C=O) groups is 1. The van der Waals surface area contributed by atoms with Crippen LogP contribution in [0.4, 0.5) is 0 Å². The fourth-order valence-corrected chi connectivity index (χ4v) is 2.45. The maximum absolute atomic E-state index is 11.5. The van der Waals surface area contributed by atoms with E-state index in [9.17, 15) is 4.79 Å². The Balaban J connectivity index is 2.16. The van der Waals surface area contributed by atoms with Gasteiger partial charge in [0, 0.05) is 30.2 Å². The van der Waals surface area contributed by atoms with Crippen LogP contribution in [-0.2, 0) is 13.1 Å². The minimum Gasteiger partial charge on any atom is -0.364 e. The van der Waals surface area contributed by atoms with Crippen molar-refractivity contribution in [2.75, 3.05) is 6.54 Å². The van der Waals surface area contributed by atoms with Gasteiger partial charge in [-0.3, -0.25) is 4.79 Å². The summed E-state index contributed by atoms with van der Waals surface area (Å²) in [5, 5.41) is 3.89. The molecule has 1 aromatic heterocycles. The smallest absolute Gasteiger partial charge is 0.269 e. The summed E-state index contributed by atoms with van der Waals surface area (Å²) in [4.78, 5) is 15.9. The molecule has 3 rings (SSSR count). The second-order valence-corrected chi connectivity index (χ2v) is 4.87. The fourth-order valence-electron chi connectivity index (χ4n) is 2.32. The number of nitrogens with two attached hydrogens (primary N) is 1. The topological polar surface area (TPSA) is 72.9 Å². The number of fused-ring (bicyclic) bond motifs is 1. The van der Waals surface area contributed by atoms with Gasteiger partial charge in [0.25, 0.3) is 5.91 Å². The molecular formula is C13H13ClN4O. The van der Waals surface area contributed by atoms with Gasteiger partial charge in [0.2, 0.25) is 0 Å². The second kappa shape index (κ2) is 4.68. The lowest BCUT2D eigenvalue weighted by molar-refractivity contribution is 0.0994. The molecule has 0 radical (unpaired) electrons. The SMILES string of the molecule is NC(=O)c1nc(-c2ccc(Cl)cc2)n2c1CNCC2. The molecule has 5 nitrogen and oxygen atoms in total. The van der Waals surface area contributed by atoms with Crippen LogP contribution in [0.1, 0.15) is 16.2 Å². The first-order valence-corrected chi connectivity index (χ1v) is 6.40. The molecule has 0 aliphatic carbocycles. The molecule has 1 aliphatic rings. The first-order valence-electron chi connectivity index (χ1n) is 6.02. The molecule has 0 unspecified atom stereocenters. The zero-order valence-electron chi connectivity index (χ0n) is 10.2. The van der Waals surface area contributed by atoms with Crippen molar-refractivity contribution in [2.24, 2.45) is 5.73 Å². The van der Waals surface area contributed by atoms with Gasteiger partial charge in [-0.2, -0.15) is 0 Å². The second-order valence-electron chi connectivity index (χ2n) is 4.43. The molecular weight excluding hydrogens is 264 g/mol. The Morgan fingerprint density at radius 3 is 2.79 bits per heavy atom. The molecule has 1 amide bonds. The summed E-state index contributed by atoms with van der Waals surface area (Å²) in [5.74, 6) is 0.273. The van der Waals surface area contributed by atoms with E-state index in [1.807, 2.05) is 28.8 Å². The third-order valence-corrected chi connectivity index (χ3v) is 3.46. The maximum Gasteiger partial charge on any atom is 0.269 e. The van der Waals surface area contributed by atoms with Crippen molar-refractivity contribution >= 4 is 17.5 Å². The molecule has 2 aromatic rings. The molecule has 0 saturated heterocycles. The van der Waals surface area contributed by atoms with Gasteiger partial charge in [0.1, 0.15) is 5.82 Å². The van der Waals surface area contributed by atoms with Gasteiger partial charge in [0.05, 0.1) is 5.69 Å². The standard InChI is InChI=1S/C13H13ClN4O/c14-9-3-1-8(2-4-9)13-17-11(12(15)19)10-7-16-5-6-18(10)13/h1-4,16H,5-7H2,(H2,15,19). The number of amides is 1. The third-order valence-electron chi connectivity index (χ3n) is 3.21. The lowest BCUT2D eigenvalue weighted by Crippen LogP contribution is -2.30. The number of imidazole rings is 1. The van der Waals surface area contributed by atoms with Crippen LogP contribution in [0.5, 0.6) is 0 Å². The summed E-state index contributed by atoms with van der Waals surface area (Å²) in [6.45, 7) is 2.23. The van der Waals surface area contributed by atoms with Crippen molar-refractivity contribution in [1.82, 2.24) is 14.9 Å². The summed E-state index contributed by atoms with van der Waals surface area (Å²) >= 11 is 5.89. The predicted molar refractivity (Wildman–Crippen MR) is 72.9 cm³/mol. The van der Waals surface area contributed by atoms with Crippen LogP contribution in [0.2, 0.25) is 5.02 Å². The van der Waals surface area contributed by atoms with Crippen molar-refractivity contribution in [2.45, 2.75) is 13.1 Å². The minimum atomic E-state index is -0.493. The lowest BCUT2D eigenvalue weighted by atomic mass is 10.2. The molecule has 3 N–H and O–H groups in total. The predicted octanol–water partition coefficient (Wildman–Crippen LogP) is 1.41. The highest BCUT2D eigenvalue weighted by Gasteiger charge is 2.23. The summed E-state index contributed by atoms with van der Waals surface area (Å²) in [6, 6.07) is 7.41. The third kappa shape index (κ3) is 2.11. The van der Waals surface area contributed by atoms with Crippen molar-refractivity contribution < 1.29 is 4.79 Å². The number of aromatic nitrogens is 2. The molecule has 98 valence electrons. The normalized spacial score (nSPS) is 14.2. The van der Waals surface area contributed by atoms with Gasteiger partial charge in [-0.05, 0) is 24.3 Å². The van der Waals surface area contributed by atoms with E-state index in [0.29, 0.717) is 17.3 Å². The summed E-state index contributed by atoms with van der Waals surface area (Å²) in [6.07, 6.45) is 0. The first kappa shape index (κ1) is 12.2. The van der Waals surface area contributed by atoms with Crippen molar-refractivity contribution in [3.63, 3.8) is 0 Å². The number of hydrogen-bond acceptors (Lipinski definition) is 3. The average Bonchev–Trinajstić information content (AvgIpc) is 2.79. The number of hydrogen-bond donors (Lipinski definition) is 2. The molecule has 19 heavy (non-hydrogen) atoms. The van der Waals surface area contributed by atoms with Crippen molar-refractivity contribution in [3.8, 4) is 11.4 Å². The fraction of sp³-hybridized carbons (Fsp3) is 0.231. The molecule has 0 bridgehead atoms. The lowest BCUT2D eigenvalue weighted by Gasteiger charge is -2.18. The Morgan fingerprint density at radius 2 is 2.11 bits per heavy atom. The van der Waals surface area contributed by atoms with E-state index < -0.39 is 5.91 Å². The number of primary amides is 1. The van der Waals surface area contributed by atoms with E-state index in [1.165, 1.54) is 0 Å². The van der Waals surface area contributed by atoms with Crippen LogP contribution in [0.3, 0.4) is 0 Å². The average molecular weight is 277 g/mol. The highest BCUT2D eigenvalue weighted by atomic mass is 35.5. The zero-order valence-corrected chi connectivity index (χ0v) is 10.9. The molecule has 0 saturated carbocycles. The number of nitrogens with zero attached hydrogens (tertiary/aromatic N) is 2. The van der Waals surface area contributed by atoms with E-state index in [1.54, 1.807) is 0 Å². The van der Waals surface area contributed by atoms with Gasteiger partial charge in [-0.1, -0.05) is 11.6 Å². The maximum atomic E-state index is 11.5. The van der Waals surface area contributed by atoms with Gasteiger partial charge in [-0.15, -0.1) is 0 Å². The van der Waals surface area contributed by atoms with E-state index in [4.69, 9.17) is 17.3 Å². The molecule has 1 aliphatic heterocycles. The van der Waals surface area contributed by atoms with E-state index in [2.05, 4.69) is 10.3 Å². The Bertz CT molecular complexity index is 633. The summed E-state index contributed by atoms with van der Waals surface area (Å²) in [5.41, 5.74) is 7.52. The molecule has 0 spiro atoms. The van der Waals surface area contributed by atoms with E-state index in [-0.39, 0.29) is 0 Å². The van der Waals surface area contributed by atoms with Gasteiger partial charge < -0.3 is 15.6 Å². The summed E-state index contributed by atoms with van der Waals surface area (Å²) in [7, 11) is 0. The van der Waals surface area contributed by atoms with Crippen LogP contribution in [0.15, 0.2) is 24.3 Å². The van der Waals surface area contributed by atoms with Crippen LogP contribution in [0, 0.1) is 0 Å². The Kier molecular flexibility index (Phi) is 3.00.